The zero-order chi connectivity index (χ0) is 12.6. The van der Waals surface area contributed by atoms with E-state index in [9.17, 15) is 0 Å². The summed E-state index contributed by atoms with van der Waals surface area (Å²) < 4.78 is 0. The molecule has 3 rings (SSSR count). The van der Waals surface area contributed by atoms with Crippen LogP contribution in [-0.4, -0.2) is 19.6 Å². The number of nitrogens with two attached hydrogens (primary N) is 1. The predicted octanol–water partition coefficient (Wildman–Crippen LogP) is 2.81. The summed E-state index contributed by atoms with van der Waals surface area (Å²) in [6.45, 7) is 5.56. The second-order valence-electron chi connectivity index (χ2n) is 6.38. The largest absolute Gasteiger partial charge is 0.370 e. The highest BCUT2D eigenvalue weighted by molar-refractivity contribution is 5.56. The van der Waals surface area contributed by atoms with Crippen molar-refractivity contribution in [3.63, 3.8) is 0 Å². The standard InChI is InChI=1S/C16H24N2/c1-13-9-14-5-2-3-6-15(14)18(10-13)12-16(11-17)7-4-8-16/h2-3,5-6,13H,4,7-12,17H2,1H3. The average molecular weight is 244 g/mol. The fraction of sp³-hybridized carbons (Fsp3) is 0.625. The minimum atomic E-state index is 0.407. The number of rotatable bonds is 3. The number of hydrogen-bond donors (Lipinski definition) is 1. The Morgan fingerprint density at radius 1 is 1.33 bits per heavy atom. The summed E-state index contributed by atoms with van der Waals surface area (Å²) in [6.07, 6.45) is 5.22. The summed E-state index contributed by atoms with van der Waals surface area (Å²) in [5.74, 6) is 0.759. The lowest BCUT2D eigenvalue weighted by molar-refractivity contribution is 0.150. The number of para-hydroxylation sites is 1. The van der Waals surface area contributed by atoms with Gasteiger partial charge in [-0.2, -0.15) is 0 Å². The van der Waals surface area contributed by atoms with Crippen LogP contribution in [0.15, 0.2) is 24.3 Å². The Bertz CT molecular complexity index is 417. The monoisotopic (exact) mass is 244 g/mol. The predicted molar refractivity (Wildman–Crippen MR) is 76.9 cm³/mol. The first-order chi connectivity index (χ1) is 8.72. The zero-order valence-corrected chi connectivity index (χ0v) is 11.4. The van der Waals surface area contributed by atoms with Gasteiger partial charge in [0.25, 0.3) is 0 Å². The van der Waals surface area contributed by atoms with E-state index < -0.39 is 0 Å². The SMILES string of the molecule is CC1Cc2ccccc2N(CC2(CN)CCC2)C1. The van der Waals surface area contributed by atoms with E-state index in [4.69, 9.17) is 5.73 Å². The van der Waals surface area contributed by atoms with Gasteiger partial charge in [0, 0.05) is 24.2 Å². The maximum Gasteiger partial charge on any atom is 0.0399 e. The summed E-state index contributed by atoms with van der Waals surface area (Å²) >= 11 is 0. The number of hydrogen-bond acceptors (Lipinski definition) is 2. The van der Waals surface area contributed by atoms with E-state index in [1.54, 1.807) is 0 Å². The number of nitrogens with zero attached hydrogens (tertiary/aromatic N) is 1. The smallest absolute Gasteiger partial charge is 0.0399 e. The van der Waals surface area contributed by atoms with Crippen molar-refractivity contribution in [1.82, 2.24) is 0 Å². The van der Waals surface area contributed by atoms with E-state index in [1.165, 1.54) is 43.5 Å². The van der Waals surface area contributed by atoms with Gasteiger partial charge >= 0.3 is 0 Å². The third-order valence-electron chi connectivity index (χ3n) is 4.81. The van der Waals surface area contributed by atoms with Gasteiger partial charge in [-0.25, -0.2) is 0 Å². The normalized spacial score (nSPS) is 25.4. The van der Waals surface area contributed by atoms with Crippen LogP contribution < -0.4 is 10.6 Å². The molecule has 0 aromatic heterocycles. The molecule has 1 aliphatic heterocycles. The summed E-state index contributed by atoms with van der Waals surface area (Å²) in [5.41, 5.74) is 9.39. The van der Waals surface area contributed by atoms with E-state index in [0.29, 0.717) is 5.41 Å². The van der Waals surface area contributed by atoms with E-state index >= 15 is 0 Å². The van der Waals surface area contributed by atoms with Crippen LogP contribution in [0.3, 0.4) is 0 Å². The maximum atomic E-state index is 6.01. The van der Waals surface area contributed by atoms with Crippen LogP contribution in [0.25, 0.3) is 0 Å². The Balaban J connectivity index is 1.84. The molecule has 1 unspecified atom stereocenters. The van der Waals surface area contributed by atoms with Crippen LogP contribution >= 0.6 is 0 Å². The van der Waals surface area contributed by atoms with Crippen molar-refractivity contribution in [2.45, 2.75) is 32.6 Å². The summed E-state index contributed by atoms with van der Waals surface area (Å²) in [6, 6.07) is 8.90. The molecule has 98 valence electrons. The van der Waals surface area contributed by atoms with Crippen molar-refractivity contribution in [2.24, 2.45) is 17.1 Å². The van der Waals surface area contributed by atoms with Gasteiger partial charge in [0.1, 0.15) is 0 Å². The molecule has 2 aliphatic rings. The molecule has 0 saturated heterocycles. The molecule has 18 heavy (non-hydrogen) atoms. The molecule has 1 atom stereocenters. The van der Waals surface area contributed by atoms with E-state index in [1.807, 2.05) is 0 Å². The molecule has 2 nitrogen and oxygen atoms in total. The lowest BCUT2D eigenvalue weighted by atomic mass is 9.68. The Morgan fingerprint density at radius 2 is 2.11 bits per heavy atom. The molecular weight excluding hydrogens is 220 g/mol. The van der Waals surface area contributed by atoms with Gasteiger partial charge in [0.2, 0.25) is 0 Å². The third-order valence-corrected chi connectivity index (χ3v) is 4.81. The molecule has 1 aliphatic carbocycles. The fourth-order valence-electron chi connectivity index (χ4n) is 3.56. The Kier molecular flexibility index (Phi) is 3.06. The number of anilines is 1. The Labute approximate surface area is 110 Å². The fourth-order valence-corrected chi connectivity index (χ4v) is 3.56. The van der Waals surface area contributed by atoms with E-state index in [2.05, 4.69) is 36.1 Å². The first kappa shape index (κ1) is 12.0. The number of fused-ring (bicyclic) bond motifs is 1. The van der Waals surface area contributed by atoms with Gasteiger partial charge in [-0.3, -0.25) is 0 Å². The van der Waals surface area contributed by atoms with Gasteiger partial charge in [-0.15, -0.1) is 0 Å². The molecular formula is C16H24N2. The highest BCUT2D eigenvalue weighted by Gasteiger charge is 2.38. The van der Waals surface area contributed by atoms with Crippen molar-refractivity contribution < 1.29 is 0 Å². The van der Waals surface area contributed by atoms with Crippen molar-refractivity contribution in [1.29, 1.82) is 0 Å². The van der Waals surface area contributed by atoms with Crippen LogP contribution in [0.2, 0.25) is 0 Å². The number of benzene rings is 1. The van der Waals surface area contributed by atoms with E-state index in [-0.39, 0.29) is 0 Å². The first-order valence-electron chi connectivity index (χ1n) is 7.25. The molecule has 1 aromatic rings. The van der Waals surface area contributed by atoms with Crippen molar-refractivity contribution in [2.75, 3.05) is 24.5 Å². The maximum absolute atomic E-state index is 6.01. The molecule has 1 fully saturated rings. The molecule has 1 heterocycles. The zero-order valence-electron chi connectivity index (χ0n) is 11.4. The highest BCUT2D eigenvalue weighted by Crippen LogP contribution is 2.42. The third kappa shape index (κ3) is 2.03. The van der Waals surface area contributed by atoms with Gasteiger partial charge in [-0.1, -0.05) is 31.5 Å². The quantitative estimate of drug-likeness (QED) is 0.886. The second-order valence-corrected chi connectivity index (χ2v) is 6.38. The summed E-state index contributed by atoms with van der Waals surface area (Å²) in [5, 5.41) is 0. The van der Waals surface area contributed by atoms with Crippen molar-refractivity contribution in [3.05, 3.63) is 29.8 Å². The van der Waals surface area contributed by atoms with Gasteiger partial charge in [0.15, 0.2) is 0 Å². The van der Waals surface area contributed by atoms with Crippen LogP contribution in [0.4, 0.5) is 5.69 Å². The molecule has 1 aromatic carbocycles. The molecule has 0 spiro atoms. The van der Waals surface area contributed by atoms with Crippen molar-refractivity contribution >= 4 is 5.69 Å². The molecule has 0 amide bonds. The van der Waals surface area contributed by atoms with E-state index in [0.717, 1.165) is 19.0 Å². The minimum Gasteiger partial charge on any atom is -0.370 e. The van der Waals surface area contributed by atoms with Gasteiger partial charge < -0.3 is 10.6 Å². The summed E-state index contributed by atoms with van der Waals surface area (Å²) in [7, 11) is 0. The van der Waals surface area contributed by atoms with Gasteiger partial charge in [0.05, 0.1) is 0 Å². The topological polar surface area (TPSA) is 29.3 Å². The lowest BCUT2D eigenvalue weighted by Gasteiger charge is -2.47. The van der Waals surface area contributed by atoms with Gasteiger partial charge in [-0.05, 0) is 43.4 Å². The van der Waals surface area contributed by atoms with Crippen LogP contribution in [-0.2, 0) is 6.42 Å². The molecule has 2 N–H and O–H groups in total. The lowest BCUT2D eigenvalue weighted by Crippen LogP contribution is -2.49. The van der Waals surface area contributed by atoms with Crippen LogP contribution in [0.5, 0.6) is 0 Å². The molecule has 0 bridgehead atoms. The molecule has 0 radical (unpaired) electrons. The first-order valence-corrected chi connectivity index (χ1v) is 7.25. The average Bonchev–Trinajstić information content (AvgIpc) is 2.33. The Morgan fingerprint density at radius 3 is 2.78 bits per heavy atom. The minimum absolute atomic E-state index is 0.407. The van der Waals surface area contributed by atoms with Crippen LogP contribution in [0.1, 0.15) is 31.7 Å². The second kappa shape index (κ2) is 4.58. The van der Waals surface area contributed by atoms with Crippen molar-refractivity contribution in [3.8, 4) is 0 Å². The highest BCUT2D eigenvalue weighted by atomic mass is 15.2. The Hall–Kier alpha value is -1.02. The molecule has 1 saturated carbocycles. The molecule has 2 heteroatoms. The summed E-state index contributed by atoms with van der Waals surface area (Å²) in [4.78, 5) is 2.59. The van der Waals surface area contributed by atoms with Crippen LogP contribution in [0, 0.1) is 11.3 Å².